The van der Waals surface area contributed by atoms with E-state index in [9.17, 15) is 14.4 Å². The number of nitrogens with one attached hydrogen (secondary N) is 2. The molecule has 72 valence electrons. The summed E-state index contributed by atoms with van der Waals surface area (Å²) in [5.74, 6) is -2.11. The predicted molar refractivity (Wildman–Crippen MR) is 41.9 cm³/mol. The Bertz CT molecular complexity index is 276. The number of carbonyl (C=O) groups is 3. The summed E-state index contributed by atoms with van der Waals surface area (Å²) in [6.07, 6.45) is 0.597. The third-order valence-corrected chi connectivity index (χ3v) is 1.93. The van der Waals surface area contributed by atoms with E-state index in [0.29, 0.717) is 6.42 Å². The van der Waals surface area contributed by atoms with Crippen LogP contribution in [-0.4, -0.2) is 28.6 Å². The minimum absolute atomic E-state index is 0.0971. The summed E-state index contributed by atoms with van der Waals surface area (Å²) < 4.78 is 0. The molecule has 1 fully saturated rings. The van der Waals surface area contributed by atoms with Crippen molar-refractivity contribution < 1.29 is 19.5 Å². The van der Waals surface area contributed by atoms with Crippen molar-refractivity contribution in [1.29, 1.82) is 0 Å². The van der Waals surface area contributed by atoms with Crippen molar-refractivity contribution in [3.63, 3.8) is 0 Å². The van der Waals surface area contributed by atoms with Gasteiger partial charge in [-0.3, -0.25) is 10.1 Å². The molecule has 1 atom stereocenters. The van der Waals surface area contributed by atoms with E-state index in [1.165, 1.54) is 0 Å². The van der Waals surface area contributed by atoms with Crippen molar-refractivity contribution in [3.8, 4) is 0 Å². The molecular weight excluding hydrogens is 176 g/mol. The number of aliphatic carboxylic acids is 1. The molecular formula is C7H10N2O4. The Hall–Kier alpha value is -1.59. The molecule has 0 bridgehead atoms. The molecule has 0 spiro atoms. The molecule has 0 radical (unpaired) electrons. The Balaban J connectivity index is 2.97. The molecule has 6 nitrogen and oxygen atoms in total. The van der Waals surface area contributed by atoms with E-state index in [0.717, 1.165) is 0 Å². The fraction of sp³-hybridized carbons (Fsp3) is 0.571. The van der Waals surface area contributed by atoms with Crippen LogP contribution < -0.4 is 10.6 Å². The molecule has 0 aliphatic carbocycles. The first-order chi connectivity index (χ1) is 6.03. The van der Waals surface area contributed by atoms with Gasteiger partial charge >= 0.3 is 12.0 Å². The highest BCUT2D eigenvalue weighted by atomic mass is 16.4. The average molecular weight is 186 g/mol. The van der Waals surface area contributed by atoms with Gasteiger partial charge in [0.15, 0.2) is 0 Å². The topological polar surface area (TPSA) is 95.5 Å². The van der Waals surface area contributed by atoms with E-state index >= 15 is 0 Å². The molecule has 1 heterocycles. The molecule has 0 saturated carbocycles. The maximum atomic E-state index is 11.2. The van der Waals surface area contributed by atoms with Crippen LogP contribution >= 0.6 is 0 Å². The molecule has 13 heavy (non-hydrogen) atoms. The summed E-state index contributed by atoms with van der Waals surface area (Å²) in [5.41, 5.74) is -1.76. The maximum absolute atomic E-state index is 11.2. The van der Waals surface area contributed by atoms with Gasteiger partial charge in [0.1, 0.15) is 0 Å². The number of hydrogen-bond acceptors (Lipinski definition) is 3. The number of urea groups is 1. The van der Waals surface area contributed by atoms with Crippen LogP contribution in [0.5, 0.6) is 0 Å². The monoisotopic (exact) mass is 186 g/mol. The van der Waals surface area contributed by atoms with Gasteiger partial charge in [-0.25, -0.2) is 9.59 Å². The fourth-order valence-corrected chi connectivity index (χ4v) is 1.30. The highest BCUT2D eigenvalue weighted by Crippen LogP contribution is 2.17. The zero-order chi connectivity index (χ0) is 10.1. The Kier molecular flexibility index (Phi) is 2.22. The number of amides is 3. The number of carboxylic acids is 1. The largest absolute Gasteiger partial charge is 0.479 e. The molecule has 3 amide bonds. The number of carboxylic acid groups (broad SMARTS) is 1. The molecule has 0 unspecified atom stereocenters. The quantitative estimate of drug-likeness (QED) is 0.407. The molecule has 6 heteroatoms. The summed E-state index contributed by atoms with van der Waals surface area (Å²) in [6, 6.07) is -0.749. The number of carbonyl (C=O) groups excluding carboxylic acids is 2. The van der Waals surface area contributed by atoms with E-state index < -0.39 is 23.4 Å². The second-order valence-corrected chi connectivity index (χ2v) is 2.87. The van der Waals surface area contributed by atoms with Gasteiger partial charge in [-0.2, -0.15) is 0 Å². The van der Waals surface area contributed by atoms with Crippen LogP contribution in [0.4, 0.5) is 4.79 Å². The van der Waals surface area contributed by atoms with Crippen molar-refractivity contribution >= 4 is 17.9 Å². The Morgan fingerprint density at radius 1 is 1.54 bits per heavy atom. The minimum atomic E-state index is -1.76. The SMILES string of the molecule is CCC[C@]1(C(=O)O)NC(=O)NC1=O. The molecule has 1 aliphatic rings. The lowest BCUT2D eigenvalue weighted by Gasteiger charge is -2.19. The van der Waals surface area contributed by atoms with E-state index in [2.05, 4.69) is 5.32 Å². The van der Waals surface area contributed by atoms with Crippen LogP contribution in [0.15, 0.2) is 0 Å². The maximum Gasteiger partial charge on any atom is 0.339 e. The van der Waals surface area contributed by atoms with Crippen molar-refractivity contribution in [2.75, 3.05) is 0 Å². The van der Waals surface area contributed by atoms with Crippen molar-refractivity contribution in [2.45, 2.75) is 25.3 Å². The third-order valence-electron chi connectivity index (χ3n) is 1.93. The normalized spacial score (nSPS) is 26.8. The average Bonchev–Trinajstić information content (AvgIpc) is 2.28. The van der Waals surface area contributed by atoms with Gasteiger partial charge in [0, 0.05) is 0 Å². The summed E-state index contributed by atoms with van der Waals surface area (Å²) in [4.78, 5) is 32.7. The Morgan fingerprint density at radius 2 is 2.15 bits per heavy atom. The molecule has 1 saturated heterocycles. The summed E-state index contributed by atoms with van der Waals surface area (Å²) in [6.45, 7) is 1.74. The van der Waals surface area contributed by atoms with E-state index in [1.54, 1.807) is 6.92 Å². The van der Waals surface area contributed by atoms with Crippen LogP contribution in [0.25, 0.3) is 0 Å². The van der Waals surface area contributed by atoms with Gasteiger partial charge in [0.05, 0.1) is 0 Å². The molecule has 0 aromatic heterocycles. The van der Waals surface area contributed by atoms with E-state index in [-0.39, 0.29) is 6.42 Å². The van der Waals surface area contributed by atoms with Gasteiger partial charge < -0.3 is 10.4 Å². The fourth-order valence-electron chi connectivity index (χ4n) is 1.30. The molecule has 3 N–H and O–H groups in total. The highest BCUT2D eigenvalue weighted by Gasteiger charge is 2.52. The summed E-state index contributed by atoms with van der Waals surface area (Å²) in [5, 5.41) is 12.8. The standard InChI is InChI=1S/C7H10N2O4/c1-2-3-7(5(11)12)4(10)8-6(13)9-7/h2-3H2,1H3,(H,11,12)(H2,8,9,10,13)/t7-/m0/s1. The predicted octanol–water partition coefficient (Wildman–Crippen LogP) is -0.551. The highest BCUT2D eigenvalue weighted by molar-refractivity contribution is 6.18. The molecule has 1 rings (SSSR count). The molecule has 1 aliphatic heterocycles. The Labute approximate surface area is 74.3 Å². The van der Waals surface area contributed by atoms with E-state index in [4.69, 9.17) is 5.11 Å². The zero-order valence-corrected chi connectivity index (χ0v) is 7.09. The molecule has 0 aromatic carbocycles. The van der Waals surface area contributed by atoms with Crippen LogP contribution in [0, 0.1) is 0 Å². The first-order valence-corrected chi connectivity index (χ1v) is 3.90. The minimum Gasteiger partial charge on any atom is -0.479 e. The van der Waals surface area contributed by atoms with Gasteiger partial charge in [0.2, 0.25) is 5.54 Å². The lowest BCUT2D eigenvalue weighted by molar-refractivity contribution is -0.148. The van der Waals surface area contributed by atoms with Crippen LogP contribution in [0.1, 0.15) is 19.8 Å². The summed E-state index contributed by atoms with van der Waals surface area (Å²) in [7, 11) is 0. The van der Waals surface area contributed by atoms with Gasteiger partial charge in [0.25, 0.3) is 5.91 Å². The molecule has 0 aromatic rings. The number of imide groups is 1. The van der Waals surface area contributed by atoms with Crippen LogP contribution in [-0.2, 0) is 9.59 Å². The first-order valence-electron chi connectivity index (χ1n) is 3.90. The smallest absolute Gasteiger partial charge is 0.339 e. The van der Waals surface area contributed by atoms with Crippen LogP contribution in [0.3, 0.4) is 0 Å². The second kappa shape index (κ2) is 3.04. The second-order valence-electron chi connectivity index (χ2n) is 2.87. The first kappa shape index (κ1) is 9.50. The third kappa shape index (κ3) is 1.34. The number of hydrogen-bond donors (Lipinski definition) is 3. The number of rotatable bonds is 3. The van der Waals surface area contributed by atoms with Crippen molar-refractivity contribution in [1.82, 2.24) is 10.6 Å². The van der Waals surface area contributed by atoms with Crippen molar-refractivity contribution in [2.24, 2.45) is 0 Å². The van der Waals surface area contributed by atoms with Crippen molar-refractivity contribution in [3.05, 3.63) is 0 Å². The van der Waals surface area contributed by atoms with Gasteiger partial charge in [-0.1, -0.05) is 13.3 Å². The van der Waals surface area contributed by atoms with Gasteiger partial charge in [-0.15, -0.1) is 0 Å². The lowest BCUT2D eigenvalue weighted by Crippen LogP contribution is -2.53. The Morgan fingerprint density at radius 3 is 2.46 bits per heavy atom. The summed E-state index contributed by atoms with van der Waals surface area (Å²) >= 11 is 0. The zero-order valence-electron chi connectivity index (χ0n) is 7.09. The van der Waals surface area contributed by atoms with Gasteiger partial charge in [-0.05, 0) is 6.42 Å². The van der Waals surface area contributed by atoms with E-state index in [1.807, 2.05) is 5.32 Å². The van der Waals surface area contributed by atoms with Crippen LogP contribution in [0.2, 0.25) is 0 Å². The lowest BCUT2D eigenvalue weighted by atomic mass is 9.94.